The third kappa shape index (κ3) is 3.13. The summed E-state index contributed by atoms with van der Waals surface area (Å²) in [4.78, 5) is 0. The predicted octanol–water partition coefficient (Wildman–Crippen LogP) is 1.43. The second kappa shape index (κ2) is 3.81. The first-order chi connectivity index (χ1) is 5.89. The van der Waals surface area contributed by atoms with Crippen molar-refractivity contribution in [2.24, 2.45) is 0 Å². The molecule has 0 saturated carbocycles. The average Bonchev–Trinajstić information content (AvgIpc) is 2.33. The van der Waals surface area contributed by atoms with Crippen molar-refractivity contribution in [3.63, 3.8) is 0 Å². The molecule has 6 heteroatoms. The topological polar surface area (TPSA) is 50.5 Å². The van der Waals surface area contributed by atoms with Crippen molar-refractivity contribution in [3.8, 4) is 0 Å². The van der Waals surface area contributed by atoms with Gasteiger partial charge in [-0.25, -0.2) is 8.42 Å². The number of sulfonamides is 1. The first-order valence-electron chi connectivity index (χ1n) is 3.55. The van der Waals surface area contributed by atoms with Crippen LogP contribution in [0.25, 0.3) is 0 Å². The van der Waals surface area contributed by atoms with Gasteiger partial charge in [-0.2, -0.15) is 4.31 Å². The van der Waals surface area contributed by atoms with Crippen molar-refractivity contribution in [1.82, 2.24) is 4.31 Å². The first-order valence-corrected chi connectivity index (χ1v) is 6.19. The van der Waals surface area contributed by atoms with E-state index in [0.717, 1.165) is 6.26 Å². The molecule has 0 aliphatic carbocycles. The maximum absolute atomic E-state index is 11.0. The van der Waals surface area contributed by atoms with E-state index in [1.165, 1.54) is 11.4 Å². The molecule has 0 spiro atoms. The van der Waals surface area contributed by atoms with E-state index in [2.05, 4.69) is 15.9 Å². The summed E-state index contributed by atoms with van der Waals surface area (Å²) in [5, 5.41) is 0. The van der Waals surface area contributed by atoms with E-state index in [1.807, 2.05) is 0 Å². The number of halogens is 1. The Kier molecular flexibility index (Phi) is 3.15. The molecular formula is C7H10BrNO3S. The molecule has 0 saturated heterocycles. The summed E-state index contributed by atoms with van der Waals surface area (Å²) in [6.07, 6.45) is 1.16. The van der Waals surface area contributed by atoms with Crippen LogP contribution in [-0.4, -0.2) is 26.0 Å². The van der Waals surface area contributed by atoms with Gasteiger partial charge in [0, 0.05) is 7.05 Å². The normalized spacial score (nSPS) is 12.3. The Labute approximate surface area is 85.7 Å². The zero-order valence-electron chi connectivity index (χ0n) is 7.32. The van der Waals surface area contributed by atoms with Gasteiger partial charge in [0.2, 0.25) is 10.0 Å². The Hall–Kier alpha value is -0.330. The van der Waals surface area contributed by atoms with Gasteiger partial charge in [0.25, 0.3) is 0 Å². The van der Waals surface area contributed by atoms with Crippen molar-refractivity contribution < 1.29 is 12.8 Å². The summed E-state index contributed by atoms with van der Waals surface area (Å²) in [7, 11) is -1.63. The Balaban J connectivity index is 2.71. The average molecular weight is 268 g/mol. The third-order valence-electron chi connectivity index (χ3n) is 1.57. The highest BCUT2D eigenvalue weighted by Crippen LogP contribution is 2.15. The van der Waals surface area contributed by atoms with Crippen molar-refractivity contribution >= 4 is 26.0 Å². The Morgan fingerprint density at radius 2 is 2.15 bits per heavy atom. The molecule has 0 bridgehead atoms. The number of rotatable bonds is 3. The quantitative estimate of drug-likeness (QED) is 0.833. The van der Waals surface area contributed by atoms with E-state index in [-0.39, 0.29) is 6.54 Å². The molecule has 0 aliphatic rings. The lowest BCUT2D eigenvalue weighted by Crippen LogP contribution is -2.24. The maximum Gasteiger partial charge on any atom is 0.211 e. The molecule has 0 unspecified atom stereocenters. The van der Waals surface area contributed by atoms with Crippen molar-refractivity contribution in [2.75, 3.05) is 13.3 Å². The summed E-state index contributed by atoms with van der Waals surface area (Å²) in [6, 6.07) is 3.46. The molecule has 1 heterocycles. The summed E-state index contributed by atoms with van der Waals surface area (Å²) in [6.45, 7) is 0.254. The zero-order chi connectivity index (χ0) is 10.1. The van der Waals surface area contributed by atoms with E-state index in [4.69, 9.17) is 4.42 Å². The second-order valence-electron chi connectivity index (χ2n) is 2.72. The molecule has 0 aromatic carbocycles. The molecule has 13 heavy (non-hydrogen) atoms. The summed E-state index contributed by atoms with van der Waals surface area (Å²) < 4.78 is 29.0. The van der Waals surface area contributed by atoms with Crippen molar-refractivity contribution in [2.45, 2.75) is 6.54 Å². The zero-order valence-corrected chi connectivity index (χ0v) is 9.72. The monoisotopic (exact) mass is 267 g/mol. The molecule has 1 rings (SSSR count). The fourth-order valence-electron chi connectivity index (χ4n) is 0.773. The van der Waals surface area contributed by atoms with Gasteiger partial charge in [0.1, 0.15) is 5.76 Å². The van der Waals surface area contributed by atoms with Gasteiger partial charge in [-0.15, -0.1) is 0 Å². The van der Waals surface area contributed by atoms with Crippen LogP contribution in [0.1, 0.15) is 5.76 Å². The Morgan fingerprint density at radius 1 is 1.54 bits per heavy atom. The first kappa shape index (κ1) is 10.7. The van der Waals surface area contributed by atoms with Crippen LogP contribution in [0.15, 0.2) is 21.2 Å². The second-order valence-corrected chi connectivity index (χ2v) is 5.60. The minimum atomic E-state index is -3.13. The van der Waals surface area contributed by atoms with Gasteiger partial charge in [-0.05, 0) is 28.1 Å². The van der Waals surface area contributed by atoms with E-state index in [9.17, 15) is 8.42 Å². The summed E-state index contributed by atoms with van der Waals surface area (Å²) >= 11 is 3.14. The van der Waals surface area contributed by atoms with Gasteiger partial charge in [-0.3, -0.25) is 0 Å². The van der Waals surface area contributed by atoms with Crippen LogP contribution in [0.3, 0.4) is 0 Å². The van der Waals surface area contributed by atoms with Crippen LogP contribution in [-0.2, 0) is 16.6 Å². The lowest BCUT2D eigenvalue weighted by atomic mass is 10.4. The summed E-state index contributed by atoms with van der Waals surface area (Å²) in [5.41, 5.74) is 0. The molecule has 0 radical (unpaired) electrons. The molecule has 1 aromatic heterocycles. The number of furan rings is 1. The van der Waals surface area contributed by atoms with Crippen molar-refractivity contribution in [3.05, 3.63) is 22.6 Å². The van der Waals surface area contributed by atoms with Gasteiger partial charge >= 0.3 is 0 Å². The van der Waals surface area contributed by atoms with Crippen molar-refractivity contribution in [1.29, 1.82) is 0 Å². The Bertz CT molecular complexity index is 384. The van der Waals surface area contributed by atoms with Crippen LogP contribution >= 0.6 is 15.9 Å². The predicted molar refractivity (Wildman–Crippen MR) is 52.7 cm³/mol. The lowest BCUT2D eigenvalue weighted by Gasteiger charge is -2.11. The fourth-order valence-corrected chi connectivity index (χ4v) is 1.48. The minimum absolute atomic E-state index is 0.254. The van der Waals surface area contributed by atoms with E-state index < -0.39 is 10.0 Å². The van der Waals surface area contributed by atoms with Gasteiger partial charge < -0.3 is 4.42 Å². The van der Waals surface area contributed by atoms with E-state index >= 15 is 0 Å². The maximum atomic E-state index is 11.0. The fraction of sp³-hybridized carbons (Fsp3) is 0.429. The molecule has 74 valence electrons. The molecule has 0 atom stereocenters. The molecule has 0 fully saturated rings. The van der Waals surface area contributed by atoms with Crippen LogP contribution in [0, 0.1) is 0 Å². The van der Waals surface area contributed by atoms with Crippen LogP contribution in [0.2, 0.25) is 0 Å². The lowest BCUT2D eigenvalue weighted by molar-refractivity contribution is 0.401. The number of nitrogens with zero attached hydrogens (tertiary/aromatic N) is 1. The molecule has 0 N–H and O–H groups in total. The van der Waals surface area contributed by atoms with Crippen LogP contribution < -0.4 is 0 Å². The molecule has 4 nitrogen and oxygen atoms in total. The van der Waals surface area contributed by atoms with Crippen LogP contribution in [0.4, 0.5) is 0 Å². The van der Waals surface area contributed by atoms with E-state index in [1.54, 1.807) is 12.1 Å². The summed E-state index contributed by atoms with van der Waals surface area (Å²) in [5.74, 6) is 0.611. The molecule has 0 amide bonds. The Morgan fingerprint density at radius 3 is 2.54 bits per heavy atom. The number of hydrogen-bond donors (Lipinski definition) is 0. The minimum Gasteiger partial charge on any atom is -0.453 e. The standard InChI is InChI=1S/C7H10BrNO3S/c1-9(13(2,10)11)5-6-3-4-7(8)12-6/h3-4H,5H2,1-2H3. The molecule has 1 aromatic rings. The van der Waals surface area contributed by atoms with Gasteiger partial charge in [0.05, 0.1) is 12.8 Å². The third-order valence-corrected chi connectivity index (χ3v) is 3.26. The molecular weight excluding hydrogens is 258 g/mol. The highest BCUT2D eigenvalue weighted by molar-refractivity contribution is 9.10. The van der Waals surface area contributed by atoms with Crippen LogP contribution in [0.5, 0.6) is 0 Å². The number of hydrogen-bond acceptors (Lipinski definition) is 3. The smallest absolute Gasteiger partial charge is 0.211 e. The van der Waals surface area contributed by atoms with E-state index in [0.29, 0.717) is 10.4 Å². The van der Waals surface area contributed by atoms with Gasteiger partial charge in [0.15, 0.2) is 4.67 Å². The SMILES string of the molecule is CN(Cc1ccc(Br)o1)S(C)(=O)=O. The van der Waals surface area contributed by atoms with Gasteiger partial charge in [-0.1, -0.05) is 0 Å². The highest BCUT2D eigenvalue weighted by Gasteiger charge is 2.12. The highest BCUT2D eigenvalue weighted by atomic mass is 79.9. The molecule has 0 aliphatic heterocycles. The largest absolute Gasteiger partial charge is 0.453 e.